The molecule has 0 saturated carbocycles. The zero-order chi connectivity index (χ0) is 16.7. The molecule has 0 saturated heterocycles. The third kappa shape index (κ3) is 5.50. The normalized spacial score (nSPS) is 19.7. The van der Waals surface area contributed by atoms with Crippen molar-refractivity contribution >= 4 is 29.6 Å². The van der Waals surface area contributed by atoms with Gasteiger partial charge >= 0.3 is 131 Å². The van der Waals surface area contributed by atoms with Crippen LogP contribution in [0.5, 0.6) is 0 Å². The number of hydrogen-bond donors (Lipinski definition) is 2. The van der Waals surface area contributed by atoms with Gasteiger partial charge in [0.25, 0.3) is 0 Å². The Labute approximate surface area is 155 Å². The fourth-order valence-electron chi connectivity index (χ4n) is 3.90. The summed E-state index contributed by atoms with van der Waals surface area (Å²) in [4.78, 5) is 4.64. The van der Waals surface area contributed by atoms with Gasteiger partial charge < -0.3 is 0 Å². The Kier molecular flexibility index (Phi) is 9.26. The monoisotopic (exact) mass is 403 g/mol. The van der Waals surface area contributed by atoms with Crippen molar-refractivity contribution in [1.82, 2.24) is 3.80 Å². The molecular formula is C17H35Cl2NO2Ti. The first-order chi connectivity index (χ1) is 9.32. The van der Waals surface area contributed by atoms with Crippen LogP contribution in [0.15, 0.2) is 20.6 Å². The Morgan fingerprint density at radius 2 is 1.65 bits per heavy atom. The van der Waals surface area contributed by atoms with Gasteiger partial charge in [-0.05, 0) is 0 Å². The molecule has 2 N–H and O–H groups in total. The van der Waals surface area contributed by atoms with Crippen LogP contribution in [0.1, 0.15) is 48.5 Å². The van der Waals surface area contributed by atoms with E-state index in [4.69, 9.17) is 3.32 Å². The van der Waals surface area contributed by atoms with E-state index < -0.39 is 15.5 Å². The number of rotatable bonds is 5. The van der Waals surface area contributed by atoms with Crippen LogP contribution < -0.4 is 3.80 Å². The fourth-order valence-corrected chi connectivity index (χ4v) is 12.5. The van der Waals surface area contributed by atoms with Crippen LogP contribution in [0.3, 0.4) is 0 Å². The summed E-state index contributed by atoms with van der Waals surface area (Å²) in [6, 6.07) is 0. The van der Waals surface area contributed by atoms with E-state index >= 15 is 0 Å². The Hall–Kier alpha value is 0.524. The number of hydrogen-bond acceptors (Lipinski definition) is 3. The van der Waals surface area contributed by atoms with E-state index in [1.807, 2.05) is 0 Å². The zero-order valence-corrected chi connectivity index (χ0v) is 19.1. The molecule has 0 aromatic heterocycles. The average Bonchev–Trinajstić information content (AvgIpc) is 2.49. The number of aliphatic hydroxyl groups excluding tert-OH is 1. The summed E-state index contributed by atoms with van der Waals surface area (Å²) in [5.41, 5.74) is 4.01. The predicted molar refractivity (Wildman–Crippen MR) is 104 cm³/mol. The van der Waals surface area contributed by atoms with Crippen LogP contribution >= 0.6 is 24.8 Å². The topological polar surface area (TPSA) is 41.5 Å². The van der Waals surface area contributed by atoms with Gasteiger partial charge in [-0.15, -0.1) is 24.8 Å². The molecule has 0 aromatic carbocycles. The van der Waals surface area contributed by atoms with Crippen LogP contribution in [0.25, 0.3) is 0 Å². The summed E-state index contributed by atoms with van der Waals surface area (Å²) in [6.45, 7) is 15.6. The van der Waals surface area contributed by atoms with Gasteiger partial charge in [0, 0.05) is 0 Å². The third-order valence-corrected chi connectivity index (χ3v) is 11.8. The van der Waals surface area contributed by atoms with Crippen molar-refractivity contribution < 1.29 is 23.9 Å². The zero-order valence-electron chi connectivity index (χ0n) is 15.9. The van der Waals surface area contributed by atoms with E-state index in [0.29, 0.717) is 12.5 Å². The predicted octanol–water partition coefficient (Wildman–Crippen LogP) is 4.49. The van der Waals surface area contributed by atoms with Gasteiger partial charge in [0.2, 0.25) is 0 Å². The van der Waals surface area contributed by atoms with Gasteiger partial charge in [0.1, 0.15) is 0 Å². The molecule has 0 fully saturated rings. The molecule has 138 valence electrons. The molecule has 6 heteroatoms. The number of allylic oxidation sites excluding steroid dienone is 4. The second kappa shape index (κ2) is 8.27. The van der Waals surface area contributed by atoms with Crippen molar-refractivity contribution in [2.24, 2.45) is 5.92 Å². The molecule has 0 spiro atoms. The van der Waals surface area contributed by atoms with Crippen molar-refractivity contribution in [2.75, 3.05) is 13.2 Å². The number of nitrogens with one attached hydrogen (secondary N) is 1. The number of halogens is 2. The van der Waals surface area contributed by atoms with Crippen LogP contribution in [-0.2, 0) is 18.8 Å². The molecule has 1 unspecified atom stereocenters. The van der Waals surface area contributed by atoms with Gasteiger partial charge in [-0.1, -0.05) is 0 Å². The van der Waals surface area contributed by atoms with E-state index in [1.54, 1.807) is 0 Å². The van der Waals surface area contributed by atoms with Gasteiger partial charge in [-0.25, -0.2) is 0 Å². The summed E-state index contributed by atoms with van der Waals surface area (Å²) in [5, 5.41) is 11.4. The van der Waals surface area contributed by atoms with Crippen molar-refractivity contribution in [3.05, 3.63) is 20.6 Å². The standard InChI is InChI=1S/C9H13.C4H10N.C2H5O2.CH3.CH2.2ClH.Ti/c1-6-5-7(2)9(4)8(6)3;1-4(2,3)5;3-1-2-4;;;;;/h6H,1-4H3;5H,1-3H3;3H,1-2H2;1H3;1H2;2*1H;/q;2*-1;;;;;+2. The maximum atomic E-state index is 9.24. The fraction of sp³-hybridized carbons (Fsp3) is 0.706. The Morgan fingerprint density at radius 3 is 1.96 bits per heavy atom. The molecule has 0 amide bonds. The molecule has 1 aliphatic rings. The summed E-state index contributed by atoms with van der Waals surface area (Å²) in [5.74, 6) is 0.359. The number of aliphatic hydroxyl groups is 1. The molecule has 0 bridgehead atoms. The average molecular weight is 404 g/mol. The van der Waals surface area contributed by atoms with Gasteiger partial charge in [0.15, 0.2) is 0 Å². The van der Waals surface area contributed by atoms with Crippen LogP contribution in [0.4, 0.5) is 0 Å². The first-order valence-corrected chi connectivity index (χ1v) is 12.7. The molecule has 1 rings (SSSR count). The Bertz CT molecular complexity index is 561. The quantitative estimate of drug-likeness (QED) is 0.664. The minimum atomic E-state index is -3.81. The Balaban J connectivity index is 0. The SMILES string of the molecule is Cl.Cl.[CH2]=[Ti]([CH3])([NH]C(C)(C)C)([O]CCO)[C]1=C(C)C(C)=C(C)C1C. The second-order valence-electron chi connectivity index (χ2n) is 7.90. The molecule has 0 aromatic rings. The van der Waals surface area contributed by atoms with Crippen molar-refractivity contribution in [3.63, 3.8) is 0 Å². The van der Waals surface area contributed by atoms with Crippen LogP contribution in [0.2, 0.25) is 5.23 Å². The first kappa shape index (κ1) is 25.8. The summed E-state index contributed by atoms with van der Waals surface area (Å²) in [6.07, 6.45) is 0. The van der Waals surface area contributed by atoms with Crippen molar-refractivity contribution in [1.29, 1.82) is 0 Å². The van der Waals surface area contributed by atoms with E-state index in [9.17, 15) is 5.11 Å². The third-order valence-electron chi connectivity index (χ3n) is 4.63. The van der Waals surface area contributed by atoms with Gasteiger partial charge in [0.05, 0.1) is 0 Å². The van der Waals surface area contributed by atoms with Crippen molar-refractivity contribution in [3.8, 4) is 0 Å². The molecule has 23 heavy (non-hydrogen) atoms. The molecule has 1 atom stereocenters. The summed E-state index contributed by atoms with van der Waals surface area (Å²) in [7, 11) is 0. The molecule has 3 nitrogen and oxygen atoms in total. The molecule has 0 heterocycles. The maximum absolute atomic E-state index is 9.24. The molecule has 0 aliphatic heterocycles. The van der Waals surface area contributed by atoms with E-state index in [1.165, 1.54) is 20.6 Å². The first-order valence-electron chi connectivity index (χ1n) is 7.82. The van der Waals surface area contributed by atoms with Gasteiger partial charge in [-0.2, -0.15) is 0 Å². The van der Waals surface area contributed by atoms with Crippen molar-refractivity contribution in [2.45, 2.75) is 59.2 Å². The minimum absolute atomic E-state index is 0. The Morgan fingerprint density at radius 1 is 1.17 bits per heavy atom. The summed E-state index contributed by atoms with van der Waals surface area (Å²) >= 11 is -3.81. The summed E-state index contributed by atoms with van der Waals surface area (Å²) < 4.78 is 11.4. The molecule has 0 radical (unpaired) electrons. The van der Waals surface area contributed by atoms with Crippen LogP contribution in [0, 0.1) is 5.92 Å². The van der Waals surface area contributed by atoms with E-state index in [-0.39, 0.29) is 37.0 Å². The molecular weight excluding hydrogens is 369 g/mol. The second-order valence-corrected chi connectivity index (χ2v) is 15.5. The van der Waals surface area contributed by atoms with Crippen LogP contribution in [-0.4, -0.2) is 28.7 Å². The molecule has 1 aliphatic carbocycles. The van der Waals surface area contributed by atoms with E-state index in [0.717, 1.165) is 0 Å². The van der Waals surface area contributed by atoms with Gasteiger partial charge in [-0.3, -0.25) is 0 Å². The van der Waals surface area contributed by atoms with E-state index in [2.05, 4.69) is 62.3 Å².